The van der Waals surface area contributed by atoms with E-state index in [1.165, 1.54) is 6.07 Å². The molecule has 1 aromatic carbocycles. The maximum atomic E-state index is 14.2. The lowest BCUT2D eigenvalue weighted by Gasteiger charge is -2.10. The van der Waals surface area contributed by atoms with Crippen LogP contribution in [0.15, 0.2) is 18.2 Å². The summed E-state index contributed by atoms with van der Waals surface area (Å²) in [6.45, 7) is 4.14. The molecule has 3 nitrogen and oxygen atoms in total. The zero-order valence-corrected chi connectivity index (χ0v) is 12.3. The van der Waals surface area contributed by atoms with E-state index < -0.39 is 5.82 Å². The molecule has 2 aromatic rings. The van der Waals surface area contributed by atoms with Crippen LogP contribution in [0.4, 0.5) is 10.2 Å². The third-order valence-electron chi connectivity index (χ3n) is 3.61. The minimum absolute atomic E-state index is 0.0916. The van der Waals surface area contributed by atoms with Crippen molar-refractivity contribution in [3.05, 3.63) is 34.9 Å². The van der Waals surface area contributed by atoms with E-state index in [0.717, 1.165) is 18.7 Å². The van der Waals surface area contributed by atoms with Gasteiger partial charge in [-0.05, 0) is 25.0 Å². The van der Waals surface area contributed by atoms with E-state index in [0.29, 0.717) is 23.1 Å². The standard InChI is InChI=1S/C15H17ClFN3/c1-8(2)15-19-13(14(18)20(15)9-6-7-9)10-4-3-5-11(16)12(10)17/h3-5,8-9H,6-7,18H2,1-2H3. The van der Waals surface area contributed by atoms with E-state index in [4.69, 9.17) is 17.3 Å². The van der Waals surface area contributed by atoms with Gasteiger partial charge < -0.3 is 10.3 Å². The molecule has 0 spiro atoms. The lowest BCUT2D eigenvalue weighted by Crippen LogP contribution is -2.06. The van der Waals surface area contributed by atoms with E-state index >= 15 is 0 Å². The summed E-state index contributed by atoms with van der Waals surface area (Å²) < 4.78 is 16.2. The minimum Gasteiger partial charge on any atom is -0.383 e. The normalized spacial score (nSPS) is 15.1. The maximum absolute atomic E-state index is 14.2. The van der Waals surface area contributed by atoms with Crippen molar-refractivity contribution < 1.29 is 4.39 Å². The summed E-state index contributed by atoms with van der Waals surface area (Å²) in [4.78, 5) is 4.58. The van der Waals surface area contributed by atoms with Crippen LogP contribution in [0.5, 0.6) is 0 Å². The SMILES string of the molecule is CC(C)c1nc(-c2cccc(Cl)c2F)c(N)n1C1CC1. The van der Waals surface area contributed by atoms with Crippen molar-refractivity contribution in [2.45, 2.75) is 38.6 Å². The molecule has 106 valence electrons. The molecule has 1 aliphatic carbocycles. The molecule has 0 amide bonds. The summed E-state index contributed by atoms with van der Waals surface area (Å²) in [5, 5.41) is 0.0916. The van der Waals surface area contributed by atoms with Crippen LogP contribution in [0.2, 0.25) is 5.02 Å². The molecule has 5 heteroatoms. The van der Waals surface area contributed by atoms with Crippen molar-refractivity contribution in [1.29, 1.82) is 0 Å². The summed E-state index contributed by atoms with van der Waals surface area (Å²) in [6, 6.07) is 5.32. The summed E-state index contributed by atoms with van der Waals surface area (Å²) in [6.07, 6.45) is 2.22. The monoisotopic (exact) mass is 293 g/mol. The molecular weight excluding hydrogens is 277 g/mol. The van der Waals surface area contributed by atoms with Crippen molar-refractivity contribution in [2.24, 2.45) is 0 Å². The van der Waals surface area contributed by atoms with E-state index in [-0.39, 0.29) is 10.9 Å². The first kappa shape index (κ1) is 13.4. The number of aromatic nitrogens is 2. The van der Waals surface area contributed by atoms with Gasteiger partial charge in [-0.2, -0.15) is 0 Å². The minimum atomic E-state index is -0.461. The second-order valence-corrected chi connectivity index (χ2v) is 5.97. The van der Waals surface area contributed by atoms with Gasteiger partial charge >= 0.3 is 0 Å². The number of rotatable bonds is 3. The van der Waals surface area contributed by atoms with Crippen LogP contribution >= 0.6 is 11.6 Å². The zero-order valence-electron chi connectivity index (χ0n) is 11.5. The second kappa shape index (κ2) is 4.77. The lowest BCUT2D eigenvalue weighted by atomic mass is 10.1. The predicted molar refractivity (Wildman–Crippen MR) is 79.4 cm³/mol. The number of halogens is 2. The third kappa shape index (κ3) is 2.08. The molecule has 2 N–H and O–H groups in total. The molecule has 1 fully saturated rings. The van der Waals surface area contributed by atoms with Gasteiger partial charge in [-0.1, -0.05) is 31.5 Å². The first-order valence-electron chi connectivity index (χ1n) is 6.82. The highest BCUT2D eigenvalue weighted by Crippen LogP contribution is 2.43. The van der Waals surface area contributed by atoms with Gasteiger partial charge in [0.05, 0.1) is 5.02 Å². The summed E-state index contributed by atoms with van der Waals surface area (Å²) in [7, 11) is 0. The van der Waals surface area contributed by atoms with Crippen molar-refractivity contribution in [3.8, 4) is 11.3 Å². The van der Waals surface area contributed by atoms with Crippen molar-refractivity contribution in [2.75, 3.05) is 5.73 Å². The predicted octanol–water partition coefficient (Wildman–Crippen LogP) is 4.38. The Hall–Kier alpha value is -1.55. The number of imidazole rings is 1. The van der Waals surface area contributed by atoms with E-state index in [1.54, 1.807) is 12.1 Å². The highest BCUT2D eigenvalue weighted by molar-refractivity contribution is 6.31. The molecule has 0 bridgehead atoms. The first-order valence-corrected chi connectivity index (χ1v) is 7.20. The number of benzene rings is 1. The highest BCUT2D eigenvalue weighted by Gasteiger charge is 2.31. The largest absolute Gasteiger partial charge is 0.383 e. The van der Waals surface area contributed by atoms with Crippen LogP contribution in [0.25, 0.3) is 11.3 Å². The number of hydrogen-bond acceptors (Lipinski definition) is 2. The van der Waals surface area contributed by atoms with E-state index in [9.17, 15) is 4.39 Å². The van der Waals surface area contributed by atoms with Crippen molar-refractivity contribution in [3.63, 3.8) is 0 Å². The molecule has 1 saturated carbocycles. The number of anilines is 1. The highest BCUT2D eigenvalue weighted by atomic mass is 35.5. The van der Waals surface area contributed by atoms with E-state index in [1.807, 2.05) is 0 Å². The Bertz CT molecular complexity index is 659. The number of nitrogens with zero attached hydrogens (tertiary/aromatic N) is 2. The van der Waals surface area contributed by atoms with Crippen molar-refractivity contribution in [1.82, 2.24) is 9.55 Å². The average Bonchev–Trinajstić information content (AvgIpc) is 3.17. The molecule has 3 rings (SSSR count). The Morgan fingerprint density at radius 2 is 2.10 bits per heavy atom. The van der Waals surface area contributed by atoms with Gasteiger partial charge in [0.1, 0.15) is 17.3 Å². The molecule has 20 heavy (non-hydrogen) atoms. The van der Waals surface area contributed by atoms with Gasteiger partial charge in [-0.3, -0.25) is 0 Å². The van der Waals surface area contributed by atoms with Crippen LogP contribution in [0.3, 0.4) is 0 Å². The van der Waals surface area contributed by atoms with Gasteiger partial charge in [-0.15, -0.1) is 0 Å². The molecule has 0 radical (unpaired) electrons. The average molecular weight is 294 g/mol. The fourth-order valence-corrected chi connectivity index (χ4v) is 2.65. The van der Waals surface area contributed by atoms with Crippen LogP contribution in [-0.2, 0) is 0 Å². The molecular formula is C15H17ClFN3. The summed E-state index contributed by atoms with van der Waals surface area (Å²) in [5.74, 6) is 1.24. The Balaban J connectivity index is 2.19. The van der Waals surface area contributed by atoms with Crippen LogP contribution in [0, 0.1) is 5.82 Å². The zero-order chi connectivity index (χ0) is 14.4. The quantitative estimate of drug-likeness (QED) is 0.912. The molecule has 1 aromatic heterocycles. The number of nitrogens with two attached hydrogens (primary N) is 1. The molecule has 0 aliphatic heterocycles. The maximum Gasteiger partial charge on any atom is 0.151 e. The topological polar surface area (TPSA) is 43.8 Å². The number of nitrogen functional groups attached to an aromatic ring is 1. The van der Waals surface area contributed by atoms with Crippen LogP contribution in [-0.4, -0.2) is 9.55 Å². The van der Waals surface area contributed by atoms with Gasteiger partial charge in [0.25, 0.3) is 0 Å². The van der Waals surface area contributed by atoms with Crippen LogP contribution < -0.4 is 5.73 Å². The molecule has 1 aliphatic rings. The molecule has 0 saturated heterocycles. The Morgan fingerprint density at radius 1 is 1.40 bits per heavy atom. The third-order valence-corrected chi connectivity index (χ3v) is 3.90. The molecule has 0 atom stereocenters. The van der Waals surface area contributed by atoms with E-state index in [2.05, 4.69) is 23.4 Å². The second-order valence-electron chi connectivity index (χ2n) is 5.56. The number of hydrogen-bond donors (Lipinski definition) is 1. The fraction of sp³-hybridized carbons (Fsp3) is 0.400. The Kier molecular flexibility index (Phi) is 3.21. The summed E-state index contributed by atoms with van der Waals surface area (Å²) in [5.41, 5.74) is 7.10. The van der Waals surface area contributed by atoms with Gasteiger partial charge in [-0.25, -0.2) is 9.37 Å². The van der Waals surface area contributed by atoms with Crippen molar-refractivity contribution >= 4 is 17.4 Å². The van der Waals surface area contributed by atoms with Gasteiger partial charge in [0.15, 0.2) is 5.82 Å². The molecule has 1 heterocycles. The van der Waals surface area contributed by atoms with Gasteiger partial charge in [0, 0.05) is 17.5 Å². The molecule has 0 unspecified atom stereocenters. The smallest absolute Gasteiger partial charge is 0.151 e. The fourth-order valence-electron chi connectivity index (χ4n) is 2.47. The summed E-state index contributed by atoms with van der Waals surface area (Å²) >= 11 is 5.85. The first-order chi connectivity index (χ1) is 9.50. The Morgan fingerprint density at radius 3 is 2.70 bits per heavy atom. The van der Waals surface area contributed by atoms with Gasteiger partial charge in [0.2, 0.25) is 0 Å². The lowest BCUT2D eigenvalue weighted by molar-refractivity contribution is 0.631. The Labute approximate surface area is 122 Å². The van der Waals surface area contributed by atoms with Crippen LogP contribution in [0.1, 0.15) is 44.5 Å².